The second-order valence-corrected chi connectivity index (χ2v) is 5.62. The Labute approximate surface area is 118 Å². The first kappa shape index (κ1) is 16.1. The van der Waals surface area contributed by atoms with Crippen LogP contribution in [-0.4, -0.2) is 45.5 Å². The van der Waals surface area contributed by atoms with E-state index >= 15 is 0 Å². The van der Waals surface area contributed by atoms with Gasteiger partial charge in [-0.25, -0.2) is 4.79 Å². The largest absolute Gasteiger partial charge is 0.504 e. The smallest absolute Gasteiger partial charge is 0.410 e. The Hall–Kier alpha value is -1.95. The summed E-state index contributed by atoms with van der Waals surface area (Å²) < 4.78 is 5.17. The van der Waals surface area contributed by atoms with Crippen molar-refractivity contribution in [1.82, 2.24) is 4.90 Å². The highest BCUT2D eigenvalue weighted by atomic mass is 16.6. The number of benzene rings is 1. The van der Waals surface area contributed by atoms with Crippen LogP contribution in [0.25, 0.3) is 0 Å². The number of aromatic hydroxyl groups is 2. The van der Waals surface area contributed by atoms with Crippen LogP contribution in [-0.2, 0) is 4.74 Å². The third kappa shape index (κ3) is 4.62. The van der Waals surface area contributed by atoms with Crippen LogP contribution in [0.4, 0.5) is 4.79 Å². The Morgan fingerprint density at radius 3 is 2.40 bits per heavy atom. The molecule has 0 aliphatic heterocycles. The zero-order chi connectivity index (χ0) is 15.5. The van der Waals surface area contributed by atoms with Crippen LogP contribution in [0.3, 0.4) is 0 Å². The van der Waals surface area contributed by atoms with Gasteiger partial charge in [-0.2, -0.15) is 0 Å². The van der Waals surface area contributed by atoms with E-state index in [1.54, 1.807) is 20.8 Å². The van der Waals surface area contributed by atoms with Gasteiger partial charge < -0.3 is 25.0 Å². The minimum atomic E-state index is -0.987. The molecule has 1 atom stereocenters. The first-order chi connectivity index (χ1) is 9.10. The number of hydrogen-bond donors (Lipinski definition) is 3. The number of carbonyl (C=O) groups is 1. The quantitative estimate of drug-likeness (QED) is 0.738. The fourth-order valence-electron chi connectivity index (χ4n) is 1.53. The summed E-state index contributed by atoms with van der Waals surface area (Å²) in [6.07, 6.45) is -1.53. The van der Waals surface area contributed by atoms with Crippen molar-refractivity contribution in [2.24, 2.45) is 0 Å². The lowest BCUT2D eigenvalue weighted by molar-refractivity contribution is 0.0205. The predicted octanol–water partition coefficient (Wildman–Crippen LogP) is 2.00. The van der Waals surface area contributed by atoms with Gasteiger partial charge in [-0.15, -0.1) is 0 Å². The molecular formula is C14H21NO5. The van der Waals surface area contributed by atoms with E-state index in [0.717, 1.165) is 0 Å². The standard InChI is InChI=1S/C14H21NO5/c1-14(2,3)20-13(19)15(4)8-12(18)9-5-6-10(16)11(17)7-9/h5-7,12,16-18H,8H2,1-4H3/t12-/m1/s1. The Morgan fingerprint density at radius 1 is 1.30 bits per heavy atom. The average molecular weight is 283 g/mol. The van der Waals surface area contributed by atoms with Crippen molar-refractivity contribution in [3.63, 3.8) is 0 Å². The molecule has 0 bridgehead atoms. The number of aliphatic hydroxyl groups excluding tert-OH is 1. The average Bonchev–Trinajstić information content (AvgIpc) is 2.30. The fraction of sp³-hybridized carbons (Fsp3) is 0.500. The Morgan fingerprint density at radius 2 is 1.90 bits per heavy atom. The van der Waals surface area contributed by atoms with Gasteiger partial charge in [0.1, 0.15) is 5.60 Å². The number of aliphatic hydroxyl groups is 1. The number of ether oxygens (including phenoxy) is 1. The summed E-state index contributed by atoms with van der Waals surface area (Å²) in [5, 5.41) is 28.6. The molecule has 0 aliphatic carbocycles. The summed E-state index contributed by atoms with van der Waals surface area (Å²) in [4.78, 5) is 13.0. The molecule has 0 fully saturated rings. The minimum absolute atomic E-state index is 0.0130. The number of likely N-dealkylation sites (N-methyl/N-ethyl adjacent to an activating group) is 1. The Balaban J connectivity index is 2.67. The van der Waals surface area contributed by atoms with Gasteiger partial charge in [0.05, 0.1) is 12.6 Å². The second-order valence-electron chi connectivity index (χ2n) is 5.62. The molecule has 6 heteroatoms. The number of rotatable bonds is 3. The van der Waals surface area contributed by atoms with Crippen LogP contribution in [0.5, 0.6) is 11.5 Å². The van der Waals surface area contributed by atoms with Crippen molar-refractivity contribution < 1.29 is 24.9 Å². The third-order valence-electron chi connectivity index (χ3n) is 2.54. The van der Waals surface area contributed by atoms with Gasteiger partial charge >= 0.3 is 6.09 Å². The second kappa shape index (κ2) is 6.00. The lowest BCUT2D eigenvalue weighted by Crippen LogP contribution is -2.36. The topological polar surface area (TPSA) is 90.2 Å². The van der Waals surface area contributed by atoms with Gasteiger partial charge in [-0.05, 0) is 38.5 Å². The molecule has 0 radical (unpaired) electrons. The summed E-state index contributed by atoms with van der Waals surface area (Å²) in [7, 11) is 1.51. The van der Waals surface area contributed by atoms with Crippen molar-refractivity contribution in [3.05, 3.63) is 23.8 Å². The van der Waals surface area contributed by atoms with Gasteiger partial charge in [0.25, 0.3) is 0 Å². The van der Waals surface area contributed by atoms with E-state index in [4.69, 9.17) is 4.74 Å². The molecule has 6 nitrogen and oxygen atoms in total. The number of hydrogen-bond acceptors (Lipinski definition) is 5. The maximum atomic E-state index is 11.7. The highest BCUT2D eigenvalue weighted by molar-refractivity contribution is 5.67. The number of carbonyl (C=O) groups excluding carboxylic acids is 1. The number of phenols is 2. The summed E-state index contributed by atoms with van der Waals surface area (Å²) in [5.41, 5.74) is -0.205. The molecule has 0 saturated carbocycles. The lowest BCUT2D eigenvalue weighted by Gasteiger charge is -2.26. The maximum absolute atomic E-state index is 11.7. The molecule has 1 aromatic carbocycles. The van der Waals surface area contributed by atoms with Crippen molar-refractivity contribution in [2.75, 3.05) is 13.6 Å². The van der Waals surface area contributed by atoms with Gasteiger partial charge in [-0.3, -0.25) is 0 Å². The summed E-state index contributed by atoms with van der Waals surface area (Å²) in [5.74, 6) is -0.581. The molecule has 112 valence electrons. The zero-order valence-corrected chi connectivity index (χ0v) is 12.1. The van der Waals surface area contributed by atoms with E-state index in [-0.39, 0.29) is 18.0 Å². The van der Waals surface area contributed by atoms with Crippen LogP contribution < -0.4 is 0 Å². The first-order valence-corrected chi connectivity index (χ1v) is 6.24. The molecular weight excluding hydrogens is 262 g/mol. The molecule has 1 aromatic rings. The minimum Gasteiger partial charge on any atom is -0.504 e. The fourth-order valence-corrected chi connectivity index (χ4v) is 1.53. The molecule has 0 aromatic heterocycles. The summed E-state index contributed by atoms with van der Waals surface area (Å²) >= 11 is 0. The maximum Gasteiger partial charge on any atom is 0.410 e. The van der Waals surface area contributed by atoms with Crippen molar-refractivity contribution in [1.29, 1.82) is 0 Å². The Bertz CT molecular complexity index is 481. The van der Waals surface area contributed by atoms with Crippen LogP contribution in [0.1, 0.15) is 32.4 Å². The monoisotopic (exact) mass is 283 g/mol. The van der Waals surface area contributed by atoms with Gasteiger partial charge in [0.2, 0.25) is 0 Å². The predicted molar refractivity (Wildman–Crippen MR) is 73.6 cm³/mol. The molecule has 0 aliphatic rings. The zero-order valence-electron chi connectivity index (χ0n) is 12.1. The number of phenolic OH excluding ortho intramolecular Hbond substituents is 2. The van der Waals surface area contributed by atoms with E-state index in [0.29, 0.717) is 5.56 Å². The molecule has 3 N–H and O–H groups in total. The highest BCUT2D eigenvalue weighted by Crippen LogP contribution is 2.28. The van der Waals surface area contributed by atoms with E-state index in [2.05, 4.69) is 0 Å². The highest BCUT2D eigenvalue weighted by Gasteiger charge is 2.22. The van der Waals surface area contributed by atoms with E-state index in [1.807, 2.05) is 0 Å². The van der Waals surface area contributed by atoms with Crippen LogP contribution >= 0.6 is 0 Å². The van der Waals surface area contributed by atoms with Crippen LogP contribution in [0, 0.1) is 0 Å². The van der Waals surface area contributed by atoms with E-state index in [9.17, 15) is 20.1 Å². The number of amides is 1. The van der Waals surface area contributed by atoms with Crippen molar-refractivity contribution in [2.45, 2.75) is 32.5 Å². The van der Waals surface area contributed by atoms with Gasteiger partial charge in [0.15, 0.2) is 11.5 Å². The van der Waals surface area contributed by atoms with Crippen molar-refractivity contribution >= 4 is 6.09 Å². The van der Waals surface area contributed by atoms with E-state index in [1.165, 1.54) is 30.1 Å². The Kier molecular flexibility index (Phi) is 4.83. The normalized spacial score (nSPS) is 12.8. The number of nitrogens with zero attached hydrogens (tertiary/aromatic N) is 1. The molecule has 1 amide bonds. The first-order valence-electron chi connectivity index (χ1n) is 6.24. The van der Waals surface area contributed by atoms with Crippen LogP contribution in [0.2, 0.25) is 0 Å². The third-order valence-corrected chi connectivity index (χ3v) is 2.54. The molecule has 0 spiro atoms. The van der Waals surface area contributed by atoms with Gasteiger partial charge in [0, 0.05) is 7.05 Å². The van der Waals surface area contributed by atoms with Gasteiger partial charge in [-0.1, -0.05) is 6.07 Å². The van der Waals surface area contributed by atoms with Crippen molar-refractivity contribution in [3.8, 4) is 11.5 Å². The SMILES string of the molecule is CN(C[C@@H](O)c1ccc(O)c(O)c1)C(=O)OC(C)(C)C. The summed E-state index contributed by atoms with van der Waals surface area (Å²) in [6.45, 7) is 5.28. The summed E-state index contributed by atoms with van der Waals surface area (Å²) in [6, 6.07) is 4.01. The molecule has 0 saturated heterocycles. The molecule has 1 rings (SSSR count). The molecule has 0 unspecified atom stereocenters. The molecule has 0 heterocycles. The lowest BCUT2D eigenvalue weighted by atomic mass is 10.1. The molecule has 20 heavy (non-hydrogen) atoms. The van der Waals surface area contributed by atoms with E-state index < -0.39 is 17.8 Å². The van der Waals surface area contributed by atoms with Crippen LogP contribution in [0.15, 0.2) is 18.2 Å².